The highest BCUT2D eigenvalue weighted by molar-refractivity contribution is 5.98. The van der Waals surface area contributed by atoms with E-state index in [9.17, 15) is 4.39 Å². The van der Waals surface area contributed by atoms with E-state index in [1.54, 1.807) is 6.08 Å². The Morgan fingerprint density at radius 1 is 1.33 bits per heavy atom. The van der Waals surface area contributed by atoms with Crippen molar-refractivity contribution in [2.24, 2.45) is 10.9 Å². The van der Waals surface area contributed by atoms with Crippen LogP contribution < -0.4 is 0 Å². The lowest BCUT2D eigenvalue weighted by Gasteiger charge is -2.29. The van der Waals surface area contributed by atoms with Gasteiger partial charge in [-0.05, 0) is 25.7 Å². The summed E-state index contributed by atoms with van der Waals surface area (Å²) in [5, 5.41) is 0. The van der Waals surface area contributed by atoms with Crippen molar-refractivity contribution in [3.63, 3.8) is 0 Å². The monoisotopic (exact) mass is 209 g/mol. The standard InChI is InChI=1S/C12H16FNO/c13-10-3-1-9(2-4-10)11-12(5-6-12)15-8-7-14-11/h1,3,9-10H,2,4-8H2. The van der Waals surface area contributed by atoms with E-state index in [0.717, 1.165) is 32.4 Å². The van der Waals surface area contributed by atoms with Crippen LogP contribution in [0.3, 0.4) is 0 Å². The Balaban J connectivity index is 1.81. The normalized spacial score (nSPS) is 37.8. The second kappa shape index (κ2) is 3.41. The molecule has 15 heavy (non-hydrogen) atoms. The maximum Gasteiger partial charge on any atom is 0.118 e. The Morgan fingerprint density at radius 2 is 2.20 bits per heavy atom. The molecule has 2 nitrogen and oxygen atoms in total. The highest BCUT2D eigenvalue weighted by atomic mass is 19.1. The van der Waals surface area contributed by atoms with Crippen LogP contribution >= 0.6 is 0 Å². The molecule has 3 rings (SSSR count). The Labute approximate surface area is 89.2 Å². The van der Waals surface area contributed by atoms with E-state index in [4.69, 9.17) is 4.74 Å². The van der Waals surface area contributed by atoms with Crippen molar-refractivity contribution in [1.29, 1.82) is 0 Å². The molecule has 1 saturated carbocycles. The van der Waals surface area contributed by atoms with Crippen LogP contribution in [-0.2, 0) is 4.74 Å². The van der Waals surface area contributed by atoms with Gasteiger partial charge in [0.25, 0.3) is 0 Å². The minimum atomic E-state index is -0.749. The Bertz CT molecular complexity index is 320. The Kier molecular flexibility index (Phi) is 2.16. The van der Waals surface area contributed by atoms with Gasteiger partial charge < -0.3 is 4.74 Å². The van der Waals surface area contributed by atoms with Gasteiger partial charge in [0.05, 0.1) is 18.9 Å². The van der Waals surface area contributed by atoms with Gasteiger partial charge in [-0.25, -0.2) is 4.39 Å². The molecule has 0 radical (unpaired) electrons. The SMILES string of the molecule is FC1C=CC(C2=NCCOC23CC3)CC1. The minimum absolute atomic E-state index is 0.0313. The fourth-order valence-corrected chi connectivity index (χ4v) is 2.61. The zero-order chi connectivity index (χ0) is 10.3. The van der Waals surface area contributed by atoms with Crippen molar-refractivity contribution in [3.8, 4) is 0 Å². The average Bonchev–Trinajstić information content (AvgIpc) is 3.01. The molecule has 3 heteroatoms. The molecule has 1 fully saturated rings. The van der Waals surface area contributed by atoms with E-state index in [2.05, 4.69) is 4.99 Å². The molecule has 0 N–H and O–H groups in total. The van der Waals surface area contributed by atoms with Gasteiger partial charge in [0.2, 0.25) is 0 Å². The van der Waals surface area contributed by atoms with Gasteiger partial charge in [-0.15, -0.1) is 0 Å². The van der Waals surface area contributed by atoms with Gasteiger partial charge in [0, 0.05) is 5.92 Å². The van der Waals surface area contributed by atoms with Crippen LogP contribution in [0.5, 0.6) is 0 Å². The van der Waals surface area contributed by atoms with Crippen LogP contribution in [0, 0.1) is 5.92 Å². The van der Waals surface area contributed by atoms with E-state index in [1.165, 1.54) is 5.71 Å². The van der Waals surface area contributed by atoms with Crippen LogP contribution in [0.15, 0.2) is 17.1 Å². The topological polar surface area (TPSA) is 21.6 Å². The molecule has 82 valence electrons. The summed E-state index contributed by atoms with van der Waals surface area (Å²) in [6.45, 7) is 1.53. The van der Waals surface area contributed by atoms with Gasteiger partial charge in [-0.2, -0.15) is 0 Å². The maximum atomic E-state index is 13.0. The highest BCUT2D eigenvalue weighted by Crippen LogP contribution is 2.45. The molecule has 0 amide bonds. The van der Waals surface area contributed by atoms with Crippen molar-refractivity contribution in [3.05, 3.63) is 12.2 Å². The summed E-state index contributed by atoms with van der Waals surface area (Å²) in [7, 11) is 0. The number of ether oxygens (including phenoxy) is 1. The summed E-state index contributed by atoms with van der Waals surface area (Å²) in [4.78, 5) is 4.61. The van der Waals surface area contributed by atoms with Crippen molar-refractivity contribution in [1.82, 2.24) is 0 Å². The summed E-state index contributed by atoms with van der Waals surface area (Å²) in [5.74, 6) is 0.333. The second-order valence-electron chi connectivity index (χ2n) is 4.69. The first-order chi connectivity index (χ1) is 7.30. The number of alkyl halides is 1. The average molecular weight is 209 g/mol. The number of hydrogen-bond acceptors (Lipinski definition) is 2. The molecule has 0 saturated heterocycles. The van der Waals surface area contributed by atoms with Gasteiger partial charge in [-0.3, -0.25) is 4.99 Å². The molecule has 1 aliphatic heterocycles. The zero-order valence-corrected chi connectivity index (χ0v) is 8.79. The van der Waals surface area contributed by atoms with Crippen molar-refractivity contribution < 1.29 is 9.13 Å². The number of rotatable bonds is 1. The predicted molar refractivity (Wildman–Crippen MR) is 57.0 cm³/mol. The molecule has 2 unspecified atom stereocenters. The Hall–Kier alpha value is -0.700. The first-order valence-corrected chi connectivity index (χ1v) is 5.81. The van der Waals surface area contributed by atoms with E-state index in [0.29, 0.717) is 12.3 Å². The molecular weight excluding hydrogens is 193 g/mol. The number of halogens is 1. The first kappa shape index (κ1) is 9.52. The molecule has 0 aromatic rings. The van der Waals surface area contributed by atoms with Crippen molar-refractivity contribution in [2.75, 3.05) is 13.2 Å². The van der Waals surface area contributed by atoms with Crippen LogP contribution in [0.25, 0.3) is 0 Å². The van der Waals surface area contributed by atoms with Crippen LogP contribution in [0.1, 0.15) is 25.7 Å². The van der Waals surface area contributed by atoms with E-state index < -0.39 is 6.17 Å². The third kappa shape index (κ3) is 1.63. The lowest BCUT2D eigenvalue weighted by molar-refractivity contribution is 0.0736. The lowest BCUT2D eigenvalue weighted by Crippen LogP contribution is -2.37. The third-order valence-corrected chi connectivity index (χ3v) is 3.58. The molecule has 1 spiro atoms. The fraction of sp³-hybridized carbons (Fsp3) is 0.750. The van der Waals surface area contributed by atoms with Gasteiger partial charge in [0.1, 0.15) is 11.8 Å². The van der Waals surface area contributed by atoms with Crippen molar-refractivity contribution in [2.45, 2.75) is 37.5 Å². The summed E-state index contributed by atoms with van der Waals surface area (Å²) >= 11 is 0. The predicted octanol–water partition coefficient (Wildman–Crippen LogP) is 2.29. The van der Waals surface area contributed by atoms with E-state index in [-0.39, 0.29) is 5.60 Å². The molecule has 0 bridgehead atoms. The highest BCUT2D eigenvalue weighted by Gasteiger charge is 2.51. The maximum absolute atomic E-state index is 13.0. The zero-order valence-electron chi connectivity index (χ0n) is 8.79. The summed E-state index contributed by atoms with van der Waals surface area (Å²) < 4.78 is 18.8. The minimum Gasteiger partial charge on any atom is -0.367 e. The number of nitrogens with zero attached hydrogens (tertiary/aromatic N) is 1. The molecule has 0 aromatic carbocycles. The molecule has 3 aliphatic rings. The molecule has 2 aliphatic carbocycles. The summed E-state index contributed by atoms with van der Waals surface area (Å²) in [5.41, 5.74) is 1.16. The first-order valence-electron chi connectivity index (χ1n) is 5.81. The lowest BCUT2D eigenvalue weighted by atomic mass is 9.87. The molecule has 0 aromatic heterocycles. The molecular formula is C12H16FNO. The van der Waals surface area contributed by atoms with Crippen LogP contribution in [-0.4, -0.2) is 30.6 Å². The second-order valence-corrected chi connectivity index (χ2v) is 4.69. The van der Waals surface area contributed by atoms with E-state index >= 15 is 0 Å². The number of aliphatic imine (C=N–C) groups is 1. The smallest absolute Gasteiger partial charge is 0.118 e. The quantitative estimate of drug-likeness (QED) is 0.607. The number of hydrogen-bond donors (Lipinski definition) is 0. The molecule has 2 atom stereocenters. The van der Waals surface area contributed by atoms with Gasteiger partial charge in [-0.1, -0.05) is 12.2 Å². The summed E-state index contributed by atoms with van der Waals surface area (Å²) in [6, 6.07) is 0. The van der Waals surface area contributed by atoms with Crippen LogP contribution in [0.2, 0.25) is 0 Å². The van der Waals surface area contributed by atoms with E-state index in [1.807, 2.05) is 6.08 Å². The van der Waals surface area contributed by atoms with Crippen LogP contribution in [0.4, 0.5) is 4.39 Å². The van der Waals surface area contributed by atoms with Gasteiger partial charge in [0.15, 0.2) is 0 Å². The summed E-state index contributed by atoms with van der Waals surface area (Å²) in [6.07, 6.45) is 6.66. The van der Waals surface area contributed by atoms with Crippen molar-refractivity contribution >= 4 is 5.71 Å². The fourth-order valence-electron chi connectivity index (χ4n) is 2.61. The largest absolute Gasteiger partial charge is 0.367 e. The Morgan fingerprint density at radius 3 is 2.87 bits per heavy atom. The molecule has 1 heterocycles. The van der Waals surface area contributed by atoms with Gasteiger partial charge >= 0.3 is 0 Å². The third-order valence-electron chi connectivity index (χ3n) is 3.58. The number of allylic oxidation sites excluding steroid dienone is 2.